The van der Waals surface area contributed by atoms with Crippen LogP contribution in [-0.2, 0) is 14.2 Å². The Kier molecular flexibility index (Phi) is 9.31. The second-order valence-electron chi connectivity index (χ2n) is 8.45. The smallest absolute Gasteiger partial charge is 0.193 e. The monoisotopic (exact) mass is 396 g/mol. The predicted octanol–water partition coefficient (Wildman–Crippen LogP) is 1.58. The second kappa shape index (κ2) is 12.0. The number of hydrogen-bond acceptors (Lipinski definition) is 5. The summed E-state index contributed by atoms with van der Waals surface area (Å²) < 4.78 is 17.4. The van der Waals surface area contributed by atoms with E-state index in [1.54, 1.807) is 0 Å². The summed E-state index contributed by atoms with van der Waals surface area (Å²) in [7, 11) is 1.89. The molecule has 3 saturated heterocycles. The van der Waals surface area contributed by atoms with Crippen LogP contribution in [0.2, 0.25) is 0 Å². The molecule has 0 aromatic rings. The Hall–Kier alpha value is -0.890. The van der Waals surface area contributed by atoms with Crippen molar-refractivity contribution in [2.75, 3.05) is 72.7 Å². The lowest BCUT2D eigenvalue weighted by Gasteiger charge is -2.35. The van der Waals surface area contributed by atoms with Crippen molar-refractivity contribution in [3.8, 4) is 0 Å². The van der Waals surface area contributed by atoms with Gasteiger partial charge in [0.1, 0.15) is 0 Å². The van der Waals surface area contributed by atoms with Gasteiger partial charge < -0.3 is 24.4 Å². The van der Waals surface area contributed by atoms with Gasteiger partial charge in [0.15, 0.2) is 5.96 Å². The minimum absolute atomic E-state index is 0.314. The average molecular weight is 397 g/mol. The lowest BCUT2D eigenvalue weighted by atomic mass is 10.1. The molecule has 1 N–H and O–H groups in total. The number of aliphatic imine (C=N–C) groups is 1. The number of nitrogens with one attached hydrogen (secondary N) is 1. The summed E-state index contributed by atoms with van der Waals surface area (Å²) in [5, 5.41) is 3.58. The Morgan fingerprint density at radius 3 is 2.57 bits per heavy atom. The number of hydrogen-bond donors (Lipinski definition) is 1. The molecule has 0 aliphatic carbocycles. The zero-order valence-electron chi connectivity index (χ0n) is 17.9. The summed E-state index contributed by atoms with van der Waals surface area (Å²) >= 11 is 0. The number of likely N-dealkylation sites (tertiary alicyclic amines) is 1. The summed E-state index contributed by atoms with van der Waals surface area (Å²) in [4.78, 5) is 9.38. The van der Waals surface area contributed by atoms with Gasteiger partial charge >= 0.3 is 0 Å². The van der Waals surface area contributed by atoms with Crippen LogP contribution in [0.25, 0.3) is 0 Å². The Bertz CT molecular complexity index is 457. The van der Waals surface area contributed by atoms with Crippen LogP contribution in [0.1, 0.15) is 39.0 Å². The molecule has 7 heteroatoms. The van der Waals surface area contributed by atoms with Gasteiger partial charge in [-0.3, -0.25) is 9.89 Å². The Morgan fingerprint density at radius 1 is 1.11 bits per heavy atom. The summed E-state index contributed by atoms with van der Waals surface area (Å²) in [6, 6.07) is 0. The van der Waals surface area contributed by atoms with Crippen molar-refractivity contribution < 1.29 is 14.2 Å². The van der Waals surface area contributed by atoms with Crippen LogP contribution in [0.3, 0.4) is 0 Å². The molecule has 162 valence electrons. The van der Waals surface area contributed by atoms with Crippen molar-refractivity contribution in [1.82, 2.24) is 15.1 Å². The summed E-state index contributed by atoms with van der Waals surface area (Å²) in [5.74, 6) is 1.62. The van der Waals surface area contributed by atoms with Crippen molar-refractivity contribution in [3.63, 3.8) is 0 Å². The first-order chi connectivity index (χ1) is 13.7. The number of guanidine groups is 1. The van der Waals surface area contributed by atoms with E-state index in [2.05, 4.69) is 27.0 Å². The van der Waals surface area contributed by atoms with Crippen LogP contribution in [0, 0.1) is 5.92 Å². The van der Waals surface area contributed by atoms with E-state index in [0.29, 0.717) is 18.1 Å². The van der Waals surface area contributed by atoms with Crippen LogP contribution in [0.15, 0.2) is 4.99 Å². The lowest BCUT2D eigenvalue weighted by molar-refractivity contribution is -0.0721. The second-order valence-corrected chi connectivity index (χ2v) is 8.45. The molecule has 3 fully saturated rings. The quantitative estimate of drug-likeness (QED) is 0.521. The summed E-state index contributed by atoms with van der Waals surface area (Å²) in [6.07, 6.45) is 6.44. The molecular formula is C21H40N4O3. The van der Waals surface area contributed by atoms with Gasteiger partial charge in [0.2, 0.25) is 0 Å². The average Bonchev–Trinajstić information content (AvgIpc) is 2.75. The van der Waals surface area contributed by atoms with E-state index in [1.807, 2.05) is 7.05 Å². The fourth-order valence-electron chi connectivity index (χ4n) is 4.30. The zero-order valence-corrected chi connectivity index (χ0v) is 17.9. The van der Waals surface area contributed by atoms with E-state index >= 15 is 0 Å². The van der Waals surface area contributed by atoms with Gasteiger partial charge in [0.05, 0.1) is 32.0 Å². The van der Waals surface area contributed by atoms with E-state index in [-0.39, 0.29) is 0 Å². The summed E-state index contributed by atoms with van der Waals surface area (Å²) in [6.45, 7) is 11.9. The van der Waals surface area contributed by atoms with Gasteiger partial charge in [-0.25, -0.2) is 0 Å². The first kappa shape index (κ1) is 21.8. The maximum Gasteiger partial charge on any atom is 0.193 e. The van der Waals surface area contributed by atoms with Crippen molar-refractivity contribution in [2.45, 2.75) is 51.2 Å². The molecule has 0 saturated carbocycles. The maximum atomic E-state index is 6.14. The van der Waals surface area contributed by atoms with Crippen LogP contribution in [0.5, 0.6) is 0 Å². The third-order valence-electron chi connectivity index (χ3n) is 6.03. The van der Waals surface area contributed by atoms with Gasteiger partial charge in [0.25, 0.3) is 0 Å². The van der Waals surface area contributed by atoms with Crippen LogP contribution < -0.4 is 5.32 Å². The number of rotatable bonds is 7. The van der Waals surface area contributed by atoms with E-state index in [1.165, 1.54) is 12.8 Å². The largest absolute Gasteiger partial charge is 0.379 e. The highest BCUT2D eigenvalue weighted by molar-refractivity contribution is 5.79. The van der Waals surface area contributed by atoms with Crippen LogP contribution in [0.4, 0.5) is 0 Å². The van der Waals surface area contributed by atoms with Gasteiger partial charge in [-0.05, 0) is 38.0 Å². The fourth-order valence-corrected chi connectivity index (χ4v) is 4.30. The van der Waals surface area contributed by atoms with E-state index < -0.39 is 0 Å². The minimum atomic E-state index is 0.314. The molecule has 3 heterocycles. The molecule has 0 amide bonds. The number of morpholine rings is 1. The van der Waals surface area contributed by atoms with Crippen molar-refractivity contribution in [2.24, 2.45) is 10.9 Å². The van der Waals surface area contributed by atoms with Gasteiger partial charge in [0, 0.05) is 52.9 Å². The molecule has 0 bridgehead atoms. The molecule has 0 spiro atoms. The standard InChI is InChI=1S/C21H40N4O3/c1-18(16-24-10-13-26-14-11-24)15-23-21(22-2)25-8-6-19(7-9-25)28-17-20-5-3-4-12-27-20/h18-20H,3-17H2,1-2H3,(H,22,23). The Labute approximate surface area is 170 Å². The fraction of sp³-hybridized carbons (Fsp3) is 0.952. The zero-order chi connectivity index (χ0) is 19.6. The molecule has 0 radical (unpaired) electrons. The SMILES string of the molecule is CN=C(NCC(C)CN1CCOCC1)N1CCC(OCC2CCCCO2)CC1. The third kappa shape index (κ3) is 7.17. The van der Waals surface area contributed by atoms with E-state index in [0.717, 1.165) is 90.9 Å². The molecule has 0 aromatic heterocycles. The normalized spacial score (nSPS) is 27.0. The van der Waals surface area contributed by atoms with Crippen LogP contribution in [-0.4, -0.2) is 101 Å². The molecule has 28 heavy (non-hydrogen) atoms. The van der Waals surface area contributed by atoms with E-state index in [4.69, 9.17) is 14.2 Å². The number of nitrogens with zero attached hydrogens (tertiary/aromatic N) is 3. The van der Waals surface area contributed by atoms with Crippen molar-refractivity contribution >= 4 is 5.96 Å². The molecule has 3 aliphatic heterocycles. The van der Waals surface area contributed by atoms with Gasteiger partial charge in [-0.1, -0.05) is 6.92 Å². The molecule has 2 unspecified atom stereocenters. The molecule has 3 rings (SSSR count). The molecular weight excluding hydrogens is 356 g/mol. The minimum Gasteiger partial charge on any atom is -0.379 e. The topological polar surface area (TPSA) is 58.6 Å². The van der Waals surface area contributed by atoms with Gasteiger partial charge in [-0.2, -0.15) is 0 Å². The Balaban J connectivity index is 1.31. The highest BCUT2D eigenvalue weighted by Crippen LogP contribution is 2.18. The Morgan fingerprint density at radius 2 is 1.89 bits per heavy atom. The first-order valence-electron chi connectivity index (χ1n) is 11.2. The van der Waals surface area contributed by atoms with Crippen molar-refractivity contribution in [1.29, 1.82) is 0 Å². The van der Waals surface area contributed by atoms with Crippen molar-refractivity contribution in [3.05, 3.63) is 0 Å². The van der Waals surface area contributed by atoms with Crippen LogP contribution >= 0.6 is 0 Å². The highest BCUT2D eigenvalue weighted by Gasteiger charge is 2.24. The van der Waals surface area contributed by atoms with Gasteiger partial charge in [-0.15, -0.1) is 0 Å². The lowest BCUT2D eigenvalue weighted by Crippen LogP contribution is -2.49. The van der Waals surface area contributed by atoms with E-state index in [9.17, 15) is 0 Å². The summed E-state index contributed by atoms with van der Waals surface area (Å²) in [5.41, 5.74) is 0. The molecule has 0 aromatic carbocycles. The third-order valence-corrected chi connectivity index (χ3v) is 6.03. The predicted molar refractivity (Wildman–Crippen MR) is 112 cm³/mol. The molecule has 7 nitrogen and oxygen atoms in total. The molecule has 3 aliphatic rings. The first-order valence-corrected chi connectivity index (χ1v) is 11.2. The number of piperidine rings is 1. The molecule has 2 atom stereocenters. The number of ether oxygens (including phenoxy) is 3. The highest BCUT2D eigenvalue weighted by atomic mass is 16.5. The maximum absolute atomic E-state index is 6.14.